The molecule has 0 spiro atoms. The highest BCUT2D eigenvalue weighted by Crippen LogP contribution is 2.40. The summed E-state index contributed by atoms with van der Waals surface area (Å²) < 4.78 is 0. The Bertz CT molecular complexity index is 1100. The Balaban J connectivity index is 2.03. The molecular formula is C28H24. The Hall–Kier alpha value is -3.38. The molecule has 0 aromatic heterocycles. The van der Waals surface area contributed by atoms with Gasteiger partial charge < -0.3 is 0 Å². The van der Waals surface area contributed by atoms with Crippen molar-refractivity contribution in [1.82, 2.24) is 0 Å². The summed E-state index contributed by atoms with van der Waals surface area (Å²) in [7, 11) is 0. The fraction of sp³-hybridized carbons (Fsp3) is 0.0714. The maximum absolute atomic E-state index is 4.17. The van der Waals surface area contributed by atoms with Crippen molar-refractivity contribution in [1.29, 1.82) is 0 Å². The van der Waals surface area contributed by atoms with E-state index in [2.05, 4.69) is 111 Å². The van der Waals surface area contributed by atoms with E-state index in [0.29, 0.717) is 0 Å². The molecule has 0 amide bonds. The fourth-order valence-electron chi connectivity index (χ4n) is 3.71. The molecule has 0 saturated carbocycles. The molecule has 0 unspecified atom stereocenters. The molecule has 0 heteroatoms. The van der Waals surface area contributed by atoms with Crippen LogP contribution in [0.15, 0.2) is 97.6 Å². The van der Waals surface area contributed by atoms with Crippen molar-refractivity contribution in [3.8, 4) is 33.4 Å². The average molecular weight is 361 g/mol. The second-order valence-corrected chi connectivity index (χ2v) is 7.25. The lowest BCUT2D eigenvalue weighted by atomic mass is 9.85. The number of benzene rings is 4. The van der Waals surface area contributed by atoms with Crippen LogP contribution in [0.1, 0.15) is 16.7 Å². The van der Waals surface area contributed by atoms with Crippen molar-refractivity contribution in [2.45, 2.75) is 13.8 Å². The molecule has 136 valence electrons. The van der Waals surface area contributed by atoms with Gasteiger partial charge in [-0.3, -0.25) is 0 Å². The molecule has 4 aromatic rings. The van der Waals surface area contributed by atoms with Crippen LogP contribution in [-0.4, -0.2) is 0 Å². The number of hydrogen-bond donors (Lipinski definition) is 0. The van der Waals surface area contributed by atoms with Gasteiger partial charge in [-0.2, -0.15) is 0 Å². The van der Waals surface area contributed by atoms with Crippen molar-refractivity contribution in [2.24, 2.45) is 0 Å². The van der Waals surface area contributed by atoms with Gasteiger partial charge in [0.05, 0.1) is 0 Å². The lowest BCUT2D eigenvalue weighted by molar-refractivity contribution is 1.45. The highest BCUT2D eigenvalue weighted by Gasteiger charge is 2.15. The van der Waals surface area contributed by atoms with Gasteiger partial charge in [0.2, 0.25) is 0 Å². The largest absolute Gasteiger partial charge is 0.0984 e. The van der Waals surface area contributed by atoms with Crippen molar-refractivity contribution >= 4 is 6.08 Å². The third kappa shape index (κ3) is 3.42. The summed E-state index contributed by atoms with van der Waals surface area (Å²) in [4.78, 5) is 0. The summed E-state index contributed by atoms with van der Waals surface area (Å²) in [6, 6.07) is 32.5. The van der Waals surface area contributed by atoms with Gasteiger partial charge in [-0.25, -0.2) is 0 Å². The second-order valence-electron chi connectivity index (χ2n) is 7.25. The quantitative estimate of drug-likeness (QED) is 0.346. The van der Waals surface area contributed by atoms with Crippen LogP contribution in [-0.2, 0) is 0 Å². The van der Waals surface area contributed by atoms with Crippen LogP contribution in [0.3, 0.4) is 0 Å². The molecule has 0 aliphatic rings. The minimum absolute atomic E-state index is 1.17. The van der Waals surface area contributed by atoms with Gasteiger partial charge in [0.1, 0.15) is 0 Å². The Morgan fingerprint density at radius 2 is 1.04 bits per heavy atom. The summed E-state index contributed by atoms with van der Waals surface area (Å²) in [5.41, 5.74) is 11.0. The van der Waals surface area contributed by atoms with Crippen molar-refractivity contribution < 1.29 is 0 Å². The van der Waals surface area contributed by atoms with E-state index < -0.39 is 0 Å². The molecule has 0 radical (unpaired) electrons. The van der Waals surface area contributed by atoms with E-state index >= 15 is 0 Å². The molecule has 0 aliphatic carbocycles. The number of rotatable bonds is 4. The molecule has 0 aliphatic heterocycles. The molecule has 4 rings (SSSR count). The fourth-order valence-corrected chi connectivity index (χ4v) is 3.71. The van der Waals surface area contributed by atoms with Crippen LogP contribution < -0.4 is 0 Å². The van der Waals surface area contributed by atoms with Crippen LogP contribution in [0.5, 0.6) is 0 Å². The van der Waals surface area contributed by atoms with Gasteiger partial charge in [0, 0.05) is 0 Å². The Morgan fingerprint density at radius 3 is 1.61 bits per heavy atom. The first kappa shape index (κ1) is 18.0. The van der Waals surface area contributed by atoms with E-state index in [1.807, 2.05) is 6.08 Å². The maximum Gasteiger partial charge on any atom is -0.00268 e. The first-order chi connectivity index (χ1) is 13.7. The Morgan fingerprint density at radius 1 is 0.536 bits per heavy atom. The monoisotopic (exact) mass is 360 g/mol. The topological polar surface area (TPSA) is 0 Å². The molecule has 0 atom stereocenters. The van der Waals surface area contributed by atoms with E-state index in [1.54, 1.807) is 0 Å². The van der Waals surface area contributed by atoms with E-state index in [9.17, 15) is 0 Å². The van der Waals surface area contributed by atoms with Crippen molar-refractivity contribution in [2.75, 3.05) is 0 Å². The predicted molar refractivity (Wildman–Crippen MR) is 122 cm³/mol. The zero-order valence-corrected chi connectivity index (χ0v) is 16.4. The van der Waals surface area contributed by atoms with Gasteiger partial charge >= 0.3 is 0 Å². The Labute approximate surface area is 167 Å². The average Bonchev–Trinajstić information content (AvgIpc) is 2.74. The molecule has 0 N–H and O–H groups in total. The van der Waals surface area contributed by atoms with E-state index in [0.717, 1.165) is 0 Å². The molecule has 0 fully saturated rings. The third-order valence-electron chi connectivity index (χ3n) is 5.24. The van der Waals surface area contributed by atoms with Crippen LogP contribution >= 0.6 is 0 Å². The molecule has 4 aromatic carbocycles. The summed E-state index contributed by atoms with van der Waals surface area (Å²) in [5.74, 6) is 0. The minimum Gasteiger partial charge on any atom is -0.0984 e. The molecule has 0 nitrogen and oxygen atoms in total. The maximum atomic E-state index is 4.17. The highest BCUT2D eigenvalue weighted by atomic mass is 14.2. The number of aryl methyl sites for hydroxylation is 2. The number of hydrogen-bond acceptors (Lipinski definition) is 0. The van der Waals surface area contributed by atoms with E-state index in [4.69, 9.17) is 0 Å². The second kappa shape index (κ2) is 7.70. The normalized spacial score (nSPS) is 10.6. The van der Waals surface area contributed by atoms with Crippen molar-refractivity contribution in [3.63, 3.8) is 0 Å². The SMILES string of the molecule is C=Cc1c(-c2ccccc2)ccc(-c2ccc(C)cc2)c1-c1ccc(C)cc1. The van der Waals surface area contributed by atoms with Crippen LogP contribution in [0.4, 0.5) is 0 Å². The summed E-state index contributed by atoms with van der Waals surface area (Å²) in [6.45, 7) is 8.42. The summed E-state index contributed by atoms with van der Waals surface area (Å²) in [5, 5.41) is 0. The van der Waals surface area contributed by atoms with E-state index in [-0.39, 0.29) is 0 Å². The van der Waals surface area contributed by atoms with Crippen LogP contribution in [0.25, 0.3) is 39.5 Å². The molecular weight excluding hydrogens is 336 g/mol. The van der Waals surface area contributed by atoms with Gasteiger partial charge in [0.25, 0.3) is 0 Å². The van der Waals surface area contributed by atoms with Crippen LogP contribution in [0, 0.1) is 13.8 Å². The highest BCUT2D eigenvalue weighted by molar-refractivity contribution is 5.95. The standard InChI is InChI=1S/C28H24/c1-4-25-26(22-8-6-5-7-9-22)18-19-27(23-14-10-20(2)11-15-23)28(25)24-16-12-21(3)13-17-24/h4-19H,1H2,2-3H3. The zero-order chi connectivity index (χ0) is 19.5. The Kier molecular flexibility index (Phi) is 4.95. The smallest absolute Gasteiger partial charge is 0.00268 e. The molecule has 0 saturated heterocycles. The summed E-state index contributed by atoms with van der Waals surface area (Å²) in [6.07, 6.45) is 2.00. The molecule has 28 heavy (non-hydrogen) atoms. The predicted octanol–water partition coefficient (Wildman–Crippen LogP) is 7.95. The van der Waals surface area contributed by atoms with Gasteiger partial charge in [0.15, 0.2) is 0 Å². The lowest BCUT2D eigenvalue weighted by Crippen LogP contribution is -1.93. The van der Waals surface area contributed by atoms with Gasteiger partial charge in [-0.05, 0) is 52.8 Å². The minimum atomic E-state index is 1.17. The first-order valence-corrected chi connectivity index (χ1v) is 9.66. The van der Waals surface area contributed by atoms with Crippen molar-refractivity contribution in [3.05, 3.63) is 114 Å². The zero-order valence-electron chi connectivity index (χ0n) is 16.4. The molecule has 0 heterocycles. The third-order valence-corrected chi connectivity index (χ3v) is 5.24. The van der Waals surface area contributed by atoms with Gasteiger partial charge in [-0.1, -0.05) is 115 Å². The van der Waals surface area contributed by atoms with Crippen LogP contribution in [0.2, 0.25) is 0 Å². The summed E-state index contributed by atoms with van der Waals surface area (Å²) >= 11 is 0. The molecule has 0 bridgehead atoms. The van der Waals surface area contributed by atoms with Gasteiger partial charge in [-0.15, -0.1) is 0 Å². The first-order valence-electron chi connectivity index (χ1n) is 9.66. The lowest BCUT2D eigenvalue weighted by Gasteiger charge is -2.18. The van der Waals surface area contributed by atoms with E-state index in [1.165, 1.54) is 50.1 Å².